The summed E-state index contributed by atoms with van der Waals surface area (Å²) >= 11 is 1.51. The fourth-order valence-electron chi connectivity index (χ4n) is 2.40. The largest absolute Gasteiger partial charge is 0.274 e. The summed E-state index contributed by atoms with van der Waals surface area (Å²) in [5, 5.41) is 6.32. The molecule has 2 heterocycles. The minimum absolute atomic E-state index is 0.314. The summed E-state index contributed by atoms with van der Waals surface area (Å²) in [4.78, 5) is 1.20. The molecule has 0 saturated heterocycles. The van der Waals surface area contributed by atoms with Crippen LogP contribution < -0.4 is 0 Å². The van der Waals surface area contributed by atoms with E-state index < -0.39 is 10.0 Å². The van der Waals surface area contributed by atoms with Gasteiger partial charge in [-0.1, -0.05) is 32.8 Å². The number of rotatable bonds is 9. The zero-order valence-electron chi connectivity index (χ0n) is 14.0. The molecular formula is C16H25N3O2S2. The molecule has 0 unspecified atom stereocenters. The summed E-state index contributed by atoms with van der Waals surface area (Å²) in [6.45, 7) is 5.28. The van der Waals surface area contributed by atoms with Gasteiger partial charge < -0.3 is 0 Å². The van der Waals surface area contributed by atoms with Gasteiger partial charge in [0.15, 0.2) is 0 Å². The van der Waals surface area contributed by atoms with E-state index in [9.17, 15) is 8.42 Å². The second-order valence-electron chi connectivity index (χ2n) is 5.60. The number of unbranched alkanes of at least 4 members (excludes halogenated alkanes) is 2. The van der Waals surface area contributed by atoms with Crippen molar-refractivity contribution in [3.8, 4) is 10.6 Å². The van der Waals surface area contributed by atoms with Crippen molar-refractivity contribution in [2.75, 3.05) is 13.1 Å². The Morgan fingerprint density at radius 1 is 1.22 bits per heavy atom. The van der Waals surface area contributed by atoms with Crippen LogP contribution in [0, 0.1) is 0 Å². The Kier molecular flexibility index (Phi) is 6.38. The Balaban J connectivity index is 2.40. The SMILES string of the molecule is CCCCN(CCCC)S(=O)(=O)c1cn(C)nc1-c1cccs1. The van der Waals surface area contributed by atoms with E-state index in [1.807, 2.05) is 17.5 Å². The zero-order chi connectivity index (χ0) is 16.9. The maximum Gasteiger partial charge on any atom is 0.246 e. The van der Waals surface area contributed by atoms with E-state index in [4.69, 9.17) is 0 Å². The van der Waals surface area contributed by atoms with Crippen LogP contribution in [0.3, 0.4) is 0 Å². The molecule has 0 spiro atoms. The van der Waals surface area contributed by atoms with E-state index in [2.05, 4.69) is 18.9 Å². The van der Waals surface area contributed by atoms with Crippen LogP contribution in [0.5, 0.6) is 0 Å². The number of sulfonamides is 1. The summed E-state index contributed by atoms with van der Waals surface area (Å²) < 4.78 is 29.5. The fraction of sp³-hybridized carbons (Fsp3) is 0.562. The lowest BCUT2D eigenvalue weighted by atomic mass is 10.3. The molecule has 2 aromatic rings. The van der Waals surface area contributed by atoms with Crippen LogP contribution in [-0.2, 0) is 17.1 Å². The first-order valence-electron chi connectivity index (χ1n) is 8.08. The molecule has 0 fully saturated rings. The van der Waals surface area contributed by atoms with Gasteiger partial charge in [0.25, 0.3) is 0 Å². The number of nitrogens with zero attached hydrogens (tertiary/aromatic N) is 3. The van der Waals surface area contributed by atoms with Gasteiger partial charge in [0.1, 0.15) is 10.6 Å². The average molecular weight is 356 g/mol. The molecular weight excluding hydrogens is 330 g/mol. The quantitative estimate of drug-likeness (QED) is 0.688. The summed E-state index contributed by atoms with van der Waals surface area (Å²) in [5.74, 6) is 0. The van der Waals surface area contributed by atoms with E-state index in [1.54, 1.807) is 22.2 Å². The van der Waals surface area contributed by atoms with Crippen LogP contribution >= 0.6 is 11.3 Å². The predicted molar refractivity (Wildman–Crippen MR) is 95.1 cm³/mol. The molecule has 0 N–H and O–H groups in total. The summed E-state index contributed by atoms with van der Waals surface area (Å²) in [5.41, 5.74) is 0.556. The van der Waals surface area contributed by atoms with Crippen molar-refractivity contribution >= 4 is 21.4 Å². The molecule has 128 valence electrons. The second-order valence-corrected chi connectivity index (χ2v) is 8.46. The van der Waals surface area contributed by atoms with Gasteiger partial charge in [0.05, 0.1) is 4.88 Å². The monoisotopic (exact) mass is 355 g/mol. The Labute approximate surface area is 143 Å². The van der Waals surface area contributed by atoms with Crippen molar-refractivity contribution in [2.45, 2.75) is 44.4 Å². The minimum Gasteiger partial charge on any atom is -0.274 e. The maximum atomic E-state index is 13.2. The number of hydrogen-bond donors (Lipinski definition) is 0. The predicted octanol–water partition coefficient (Wildman–Crippen LogP) is 3.74. The molecule has 0 aliphatic rings. The highest BCUT2D eigenvalue weighted by Crippen LogP contribution is 2.31. The van der Waals surface area contributed by atoms with E-state index >= 15 is 0 Å². The highest BCUT2D eigenvalue weighted by molar-refractivity contribution is 7.89. The van der Waals surface area contributed by atoms with Gasteiger partial charge in [-0.25, -0.2) is 8.42 Å². The second kappa shape index (κ2) is 8.08. The molecule has 0 radical (unpaired) electrons. The van der Waals surface area contributed by atoms with Gasteiger partial charge in [-0.15, -0.1) is 11.3 Å². The number of aryl methyl sites for hydroxylation is 1. The third kappa shape index (κ3) is 4.22. The average Bonchev–Trinajstić information content (AvgIpc) is 3.16. The highest BCUT2D eigenvalue weighted by Gasteiger charge is 2.29. The molecule has 23 heavy (non-hydrogen) atoms. The third-order valence-corrected chi connectivity index (χ3v) is 6.47. The third-order valence-electron chi connectivity index (χ3n) is 3.69. The molecule has 5 nitrogen and oxygen atoms in total. The Bertz CT molecular complexity index is 698. The number of hydrogen-bond acceptors (Lipinski definition) is 4. The van der Waals surface area contributed by atoms with Crippen molar-refractivity contribution < 1.29 is 8.42 Å². The Morgan fingerprint density at radius 3 is 2.39 bits per heavy atom. The van der Waals surface area contributed by atoms with E-state index in [1.165, 1.54) is 11.3 Å². The first-order valence-corrected chi connectivity index (χ1v) is 10.4. The van der Waals surface area contributed by atoms with Crippen LogP contribution in [0.25, 0.3) is 10.6 Å². The van der Waals surface area contributed by atoms with Gasteiger partial charge in [-0.05, 0) is 24.3 Å². The molecule has 2 aromatic heterocycles. The zero-order valence-corrected chi connectivity index (χ0v) is 15.7. The lowest BCUT2D eigenvalue weighted by Gasteiger charge is -2.21. The van der Waals surface area contributed by atoms with Gasteiger partial charge in [-0.2, -0.15) is 9.40 Å². The normalized spacial score (nSPS) is 12.2. The van der Waals surface area contributed by atoms with Crippen molar-refractivity contribution in [2.24, 2.45) is 7.05 Å². The summed E-state index contributed by atoms with van der Waals surface area (Å²) in [6.07, 6.45) is 5.32. The molecule has 2 rings (SSSR count). The first kappa shape index (κ1) is 18.2. The molecule has 0 aromatic carbocycles. The summed E-state index contributed by atoms with van der Waals surface area (Å²) in [6, 6.07) is 3.82. The molecule has 0 aliphatic carbocycles. The summed E-state index contributed by atoms with van der Waals surface area (Å²) in [7, 11) is -1.76. The van der Waals surface area contributed by atoms with Crippen LogP contribution in [0.1, 0.15) is 39.5 Å². The Morgan fingerprint density at radius 2 is 1.87 bits per heavy atom. The van der Waals surface area contributed by atoms with Crippen molar-refractivity contribution in [3.63, 3.8) is 0 Å². The molecule has 0 bridgehead atoms. The van der Waals surface area contributed by atoms with Gasteiger partial charge >= 0.3 is 0 Å². The molecule has 0 atom stereocenters. The van der Waals surface area contributed by atoms with Crippen LogP contribution in [0.15, 0.2) is 28.6 Å². The topological polar surface area (TPSA) is 55.2 Å². The van der Waals surface area contributed by atoms with Crippen molar-refractivity contribution in [3.05, 3.63) is 23.7 Å². The van der Waals surface area contributed by atoms with Crippen molar-refractivity contribution in [1.82, 2.24) is 14.1 Å². The number of aromatic nitrogens is 2. The van der Waals surface area contributed by atoms with Gasteiger partial charge in [0, 0.05) is 26.3 Å². The standard InChI is InChI=1S/C16H25N3O2S2/c1-4-6-10-19(11-7-5-2)23(20,21)15-13-18(3)17-16(15)14-9-8-12-22-14/h8-9,12-13H,4-7,10-11H2,1-3H3. The maximum absolute atomic E-state index is 13.2. The lowest BCUT2D eigenvalue weighted by molar-refractivity contribution is 0.395. The molecule has 0 aliphatic heterocycles. The van der Waals surface area contributed by atoms with E-state index in [0.717, 1.165) is 30.6 Å². The molecule has 0 amide bonds. The smallest absolute Gasteiger partial charge is 0.246 e. The molecule has 7 heteroatoms. The molecule has 0 saturated carbocycles. The van der Waals surface area contributed by atoms with E-state index in [-0.39, 0.29) is 0 Å². The minimum atomic E-state index is -3.52. The first-order chi connectivity index (χ1) is 11.0. The van der Waals surface area contributed by atoms with Gasteiger partial charge in [0.2, 0.25) is 10.0 Å². The van der Waals surface area contributed by atoms with Crippen LogP contribution in [0.4, 0.5) is 0 Å². The fourth-order valence-corrected chi connectivity index (χ4v) is 4.89. The van der Waals surface area contributed by atoms with Crippen LogP contribution in [0.2, 0.25) is 0 Å². The number of thiophene rings is 1. The lowest BCUT2D eigenvalue weighted by Crippen LogP contribution is -2.33. The van der Waals surface area contributed by atoms with E-state index in [0.29, 0.717) is 23.7 Å². The van der Waals surface area contributed by atoms with Crippen molar-refractivity contribution in [1.29, 1.82) is 0 Å². The van der Waals surface area contributed by atoms with Crippen LogP contribution in [-0.4, -0.2) is 35.6 Å². The highest BCUT2D eigenvalue weighted by atomic mass is 32.2. The van der Waals surface area contributed by atoms with Gasteiger partial charge in [-0.3, -0.25) is 4.68 Å². The Hall–Kier alpha value is -1.18.